The molecule has 0 saturated heterocycles. The third kappa shape index (κ3) is 3.30. The summed E-state index contributed by atoms with van der Waals surface area (Å²) in [6.45, 7) is 0.823. The molecule has 0 atom stereocenters. The summed E-state index contributed by atoms with van der Waals surface area (Å²) in [6.07, 6.45) is -2.22. The van der Waals surface area contributed by atoms with Crippen molar-refractivity contribution in [3.8, 4) is 0 Å². The molecule has 2 N–H and O–H groups in total. The molecule has 1 aromatic rings. The first-order valence-electron chi connectivity index (χ1n) is 6.62. The number of hydrogen-bond donors (Lipinski definition) is 1. The predicted molar refractivity (Wildman–Crippen MR) is 69.2 cm³/mol. The number of carbonyl (C=O) groups excluding carboxylic acids is 1. The van der Waals surface area contributed by atoms with Crippen LogP contribution in [0.3, 0.4) is 0 Å². The Morgan fingerprint density at radius 1 is 1.30 bits per heavy atom. The average molecular weight is 286 g/mol. The minimum atomic E-state index is -4.52. The van der Waals surface area contributed by atoms with Crippen LogP contribution < -0.4 is 5.73 Å². The summed E-state index contributed by atoms with van der Waals surface area (Å²) in [5.74, 6) is -0.547. The number of amides is 1. The van der Waals surface area contributed by atoms with Crippen molar-refractivity contribution in [1.29, 1.82) is 0 Å². The minimum Gasteiger partial charge on any atom is -0.336 e. The van der Waals surface area contributed by atoms with E-state index in [1.807, 2.05) is 0 Å². The van der Waals surface area contributed by atoms with Crippen LogP contribution in [0.5, 0.6) is 0 Å². The topological polar surface area (TPSA) is 46.3 Å². The van der Waals surface area contributed by atoms with Crippen molar-refractivity contribution in [3.63, 3.8) is 0 Å². The van der Waals surface area contributed by atoms with Gasteiger partial charge >= 0.3 is 6.18 Å². The van der Waals surface area contributed by atoms with Crippen molar-refractivity contribution in [3.05, 3.63) is 35.4 Å². The summed E-state index contributed by atoms with van der Waals surface area (Å²) < 4.78 is 38.9. The Bertz CT molecular complexity index is 484. The summed E-state index contributed by atoms with van der Waals surface area (Å²) in [4.78, 5) is 13.9. The van der Waals surface area contributed by atoms with Crippen LogP contribution in [0.25, 0.3) is 0 Å². The van der Waals surface area contributed by atoms with E-state index in [0.29, 0.717) is 19.5 Å². The normalized spacial score (nSPS) is 15.2. The van der Waals surface area contributed by atoms with Gasteiger partial charge in [-0.1, -0.05) is 12.1 Å². The van der Waals surface area contributed by atoms with Gasteiger partial charge in [0.15, 0.2) is 0 Å². The van der Waals surface area contributed by atoms with Crippen molar-refractivity contribution in [2.24, 2.45) is 5.73 Å². The molecule has 1 amide bonds. The molecule has 0 aromatic heterocycles. The Morgan fingerprint density at radius 3 is 2.50 bits per heavy atom. The molecular formula is C14H17F3N2O. The van der Waals surface area contributed by atoms with Crippen LogP contribution in [-0.4, -0.2) is 29.9 Å². The maximum absolute atomic E-state index is 13.0. The van der Waals surface area contributed by atoms with Crippen molar-refractivity contribution in [2.75, 3.05) is 13.1 Å². The molecule has 0 aliphatic heterocycles. The minimum absolute atomic E-state index is 0.0651. The van der Waals surface area contributed by atoms with Gasteiger partial charge in [0.25, 0.3) is 5.91 Å². The lowest BCUT2D eigenvalue weighted by atomic mass is 10.1. The van der Waals surface area contributed by atoms with E-state index in [2.05, 4.69) is 0 Å². The molecule has 1 aliphatic carbocycles. The lowest BCUT2D eigenvalue weighted by Gasteiger charge is -2.24. The van der Waals surface area contributed by atoms with Gasteiger partial charge in [-0.05, 0) is 37.9 Å². The number of alkyl halides is 3. The predicted octanol–water partition coefficient (Wildman–Crippen LogP) is 2.66. The number of nitrogens with zero attached hydrogens (tertiary/aromatic N) is 1. The molecule has 2 rings (SSSR count). The van der Waals surface area contributed by atoms with Gasteiger partial charge in [0.1, 0.15) is 0 Å². The Morgan fingerprint density at radius 2 is 1.95 bits per heavy atom. The Kier molecular flexibility index (Phi) is 4.32. The standard InChI is InChI=1S/C14H17F3N2O/c15-14(16,17)12-5-2-1-4-11(12)13(20)19(9-3-8-18)10-6-7-10/h1-2,4-5,10H,3,6-9,18H2. The fourth-order valence-corrected chi connectivity index (χ4v) is 2.17. The molecule has 0 spiro atoms. The first-order chi connectivity index (χ1) is 9.45. The third-order valence-electron chi connectivity index (χ3n) is 3.31. The molecule has 0 radical (unpaired) electrons. The zero-order valence-corrected chi connectivity index (χ0v) is 11.0. The molecule has 1 fully saturated rings. The molecular weight excluding hydrogens is 269 g/mol. The van der Waals surface area contributed by atoms with E-state index in [-0.39, 0.29) is 11.6 Å². The lowest BCUT2D eigenvalue weighted by molar-refractivity contribution is -0.138. The second kappa shape index (κ2) is 5.83. The lowest BCUT2D eigenvalue weighted by Crippen LogP contribution is -2.36. The number of halogens is 3. The highest BCUT2D eigenvalue weighted by atomic mass is 19.4. The van der Waals surface area contributed by atoms with Gasteiger partial charge in [0.2, 0.25) is 0 Å². The summed E-state index contributed by atoms with van der Waals surface area (Å²) in [5.41, 5.74) is 4.27. The van der Waals surface area contributed by atoms with Gasteiger partial charge in [0, 0.05) is 12.6 Å². The number of benzene rings is 1. The smallest absolute Gasteiger partial charge is 0.336 e. The highest BCUT2D eigenvalue weighted by molar-refractivity contribution is 5.96. The molecule has 1 aromatic carbocycles. The van der Waals surface area contributed by atoms with Crippen molar-refractivity contribution in [2.45, 2.75) is 31.5 Å². The fraction of sp³-hybridized carbons (Fsp3) is 0.500. The van der Waals surface area contributed by atoms with E-state index in [1.165, 1.54) is 23.1 Å². The van der Waals surface area contributed by atoms with Gasteiger partial charge in [0.05, 0.1) is 11.1 Å². The molecule has 0 heterocycles. The largest absolute Gasteiger partial charge is 0.417 e. The van der Waals surface area contributed by atoms with E-state index in [9.17, 15) is 18.0 Å². The van der Waals surface area contributed by atoms with Crippen LogP contribution in [0, 0.1) is 0 Å². The van der Waals surface area contributed by atoms with Crippen molar-refractivity contribution >= 4 is 5.91 Å². The molecule has 110 valence electrons. The Hall–Kier alpha value is -1.56. The van der Waals surface area contributed by atoms with Crippen LogP contribution in [0.2, 0.25) is 0 Å². The maximum atomic E-state index is 13.0. The van der Waals surface area contributed by atoms with E-state index < -0.39 is 17.6 Å². The monoisotopic (exact) mass is 286 g/mol. The van der Waals surface area contributed by atoms with Crippen LogP contribution in [0.15, 0.2) is 24.3 Å². The number of nitrogens with two attached hydrogens (primary N) is 1. The number of rotatable bonds is 5. The number of hydrogen-bond acceptors (Lipinski definition) is 2. The van der Waals surface area contributed by atoms with E-state index in [4.69, 9.17) is 5.73 Å². The van der Waals surface area contributed by atoms with Gasteiger partial charge in [-0.15, -0.1) is 0 Å². The molecule has 0 bridgehead atoms. The van der Waals surface area contributed by atoms with Crippen LogP contribution >= 0.6 is 0 Å². The third-order valence-corrected chi connectivity index (χ3v) is 3.31. The average Bonchev–Trinajstić information content (AvgIpc) is 3.22. The first-order valence-corrected chi connectivity index (χ1v) is 6.62. The SMILES string of the molecule is NCCCN(C(=O)c1ccccc1C(F)(F)F)C1CC1. The van der Waals surface area contributed by atoms with Crippen molar-refractivity contribution in [1.82, 2.24) is 4.90 Å². The summed E-state index contributed by atoms with van der Waals surface area (Å²) in [5, 5.41) is 0. The maximum Gasteiger partial charge on any atom is 0.417 e. The molecule has 1 aliphatic rings. The molecule has 20 heavy (non-hydrogen) atoms. The second-order valence-corrected chi connectivity index (χ2v) is 4.92. The first kappa shape index (κ1) is 14.8. The summed E-state index contributed by atoms with van der Waals surface area (Å²) >= 11 is 0. The van der Waals surface area contributed by atoms with Crippen molar-refractivity contribution < 1.29 is 18.0 Å². The zero-order chi connectivity index (χ0) is 14.8. The van der Waals surface area contributed by atoms with Crippen LogP contribution in [-0.2, 0) is 6.18 Å². The number of carbonyl (C=O) groups is 1. The summed E-state index contributed by atoms with van der Waals surface area (Å²) in [6, 6.07) is 5.00. The van der Waals surface area contributed by atoms with Gasteiger partial charge in [-0.2, -0.15) is 13.2 Å². The van der Waals surface area contributed by atoms with E-state index >= 15 is 0 Å². The Balaban J connectivity index is 2.27. The van der Waals surface area contributed by atoms with E-state index in [1.54, 1.807) is 0 Å². The molecule has 3 nitrogen and oxygen atoms in total. The zero-order valence-electron chi connectivity index (χ0n) is 11.0. The van der Waals surface area contributed by atoms with Gasteiger partial charge < -0.3 is 10.6 Å². The fourth-order valence-electron chi connectivity index (χ4n) is 2.17. The Labute approximate surface area is 115 Å². The van der Waals surface area contributed by atoms with E-state index in [0.717, 1.165) is 18.9 Å². The van der Waals surface area contributed by atoms with Crippen LogP contribution in [0.1, 0.15) is 35.2 Å². The highest BCUT2D eigenvalue weighted by Gasteiger charge is 2.38. The second-order valence-electron chi connectivity index (χ2n) is 4.92. The van der Waals surface area contributed by atoms with Crippen LogP contribution in [0.4, 0.5) is 13.2 Å². The highest BCUT2D eigenvalue weighted by Crippen LogP contribution is 2.34. The molecule has 1 saturated carbocycles. The van der Waals surface area contributed by atoms with Gasteiger partial charge in [-0.25, -0.2) is 0 Å². The van der Waals surface area contributed by atoms with Gasteiger partial charge in [-0.3, -0.25) is 4.79 Å². The summed E-state index contributed by atoms with van der Waals surface area (Å²) in [7, 11) is 0. The molecule has 0 unspecified atom stereocenters. The quantitative estimate of drug-likeness (QED) is 0.904. The molecule has 6 heteroatoms.